The number of hydrogen-bond donors (Lipinski definition) is 1. The maximum Gasteiger partial charge on any atom is 0.339 e. The molecule has 2 atom stereocenters. The summed E-state index contributed by atoms with van der Waals surface area (Å²) in [5.41, 5.74) is 1.77. The van der Waals surface area contributed by atoms with Gasteiger partial charge in [0.15, 0.2) is 6.10 Å². The van der Waals surface area contributed by atoms with Gasteiger partial charge in [-0.25, -0.2) is 4.79 Å². The third kappa shape index (κ3) is 4.72. The molecule has 0 bridgehead atoms. The van der Waals surface area contributed by atoms with Crippen LogP contribution in [0.5, 0.6) is 0 Å². The topological polar surface area (TPSA) is 46.5 Å². The summed E-state index contributed by atoms with van der Waals surface area (Å²) in [6, 6.07) is 18.9. The molecule has 0 amide bonds. The molecular formula is C18H20O3. The van der Waals surface area contributed by atoms with Gasteiger partial charge < -0.3 is 9.84 Å². The van der Waals surface area contributed by atoms with E-state index in [-0.39, 0.29) is 6.10 Å². The largest absolute Gasteiger partial charge is 0.460 e. The zero-order valence-corrected chi connectivity index (χ0v) is 12.1. The van der Waals surface area contributed by atoms with E-state index in [1.807, 2.05) is 43.3 Å². The fourth-order valence-corrected chi connectivity index (χ4v) is 2.11. The van der Waals surface area contributed by atoms with Gasteiger partial charge in [-0.15, -0.1) is 0 Å². The highest BCUT2D eigenvalue weighted by Gasteiger charge is 2.20. The van der Waals surface area contributed by atoms with Gasteiger partial charge in [0.2, 0.25) is 0 Å². The van der Waals surface area contributed by atoms with Crippen molar-refractivity contribution < 1.29 is 14.6 Å². The number of rotatable bonds is 6. The molecule has 2 aromatic rings. The molecule has 0 heterocycles. The van der Waals surface area contributed by atoms with E-state index < -0.39 is 12.1 Å². The molecule has 0 fully saturated rings. The Balaban J connectivity index is 1.82. The van der Waals surface area contributed by atoms with Crippen LogP contribution < -0.4 is 0 Å². The highest BCUT2D eigenvalue weighted by atomic mass is 16.6. The second-order valence-corrected chi connectivity index (χ2v) is 5.08. The lowest BCUT2D eigenvalue weighted by Crippen LogP contribution is -2.21. The molecule has 3 heteroatoms. The number of benzene rings is 2. The van der Waals surface area contributed by atoms with Crippen LogP contribution in [0.25, 0.3) is 0 Å². The first-order valence-corrected chi connectivity index (χ1v) is 7.14. The molecule has 2 aromatic carbocycles. The van der Waals surface area contributed by atoms with E-state index in [1.165, 1.54) is 5.56 Å². The molecule has 110 valence electrons. The Morgan fingerprint density at radius 3 is 2.24 bits per heavy atom. The predicted octanol–water partition coefficient (Wildman–Crippen LogP) is 3.28. The summed E-state index contributed by atoms with van der Waals surface area (Å²) in [4.78, 5) is 11.9. The minimum absolute atomic E-state index is 0.226. The maximum atomic E-state index is 11.9. The summed E-state index contributed by atoms with van der Waals surface area (Å²) >= 11 is 0. The highest BCUT2D eigenvalue weighted by molar-refractivity contribution is 5.76. The maximum absolute atomic E-state index is 11.9. The van der Waals surface area contributed by atoms with Crippen LogP contribution in [-0.2, 0) is 16.0 Å². The summed E-state index contributed by atoms with van der Waals surface area (Å²) in [7, 11) is 0. The molecule has 0 saturated carbocycles. The summed E-state index contributed by atoms with van der Waals surface area (Å²) in [6.07, 6.45) is 0.134. The van der Waals surface area contributed by atoms with Crippen molar-refractivity contribution in [3.05, 3.63) is 71.8 Å². The number of aliphatic hydroxyl groups is 1. The van der Waals surface area contributed by atoms with E-state index in [0.717, 1.165) is 12.8 Å². The molecule has 3 nitrogen and oxygen atoms in total. The summed E-state index contributed by atoms with van der Waals surface area (Å²) in [5.74, 6) is -0.596. The zero-order chi connectivity index (χ0) is 15.1. The average Bonchev–Trinajstić information content (AvgIpc) is 2.54. The number of aliphatic hydroxyl groups excluding tert-OH is 1. The third-order valence-electron chi connectivity index (χ3n) is 3.34. The van der Waals surface area contributed by atoms with Gasteiger partial charge in [0.1, 0.15) is 0 Å². The van der Waals surface area contributed by atoms with E-state index in [4.69, 9.17) is 4.74 Å². The molecule has 21 heavy (non-hydrogen) atoms. The summed E-state index contributed by atoms with van der Waals surface area (Å²) in [6.45, 7) is 1.85. The molecule has 2 rings (SSSR count). The Hall–Kier alpha value is -2.13. The van der Waals surface area contributed by atoms with Gasteiger partial charge >= 0.3 is 5.97 Å². The monoisotopic (exact) mass is 284 g/mol. The first-order chi connectivity index (χ1) is 10.2. The number of hydrogen-bond acceptors (Lipinski definition) is 3. The quantitative estimate of drug-likeness (QED) is 0.828. The van der Waals surface area contributed by atoms with Crippen LogP contribution in [0.15, 0.2) is 60.7 Å². The number of aryl methyl sites for hydroxylation is 1. The van der Waals surface area contributed by atoms with Gasteiger partial charge in [0, 0.05) is 0 Å². The summed E-state index contributed by atoms with van der Waals surface area (Å²) < 4.78 is 5.30. The smallest absolute Gasteiger partial charge is 0.339 e. The van der Waals surface area contributed by atoms with E-state index in [9.17, 15) is 9.90 Å². The lowest BCUT2D eigenvalue weighted by Gasteiger charge is -2.16. The Bertz CT molecular complexity index is 551. The van der Waals surface area contributed by atoms with Crippen molar-refractivity contribution in [2.75, 3.05) is 0 Å². The third-order valence-corrected chi connectivity index (χ3v) is 3.34. The molecular weight excluding hydrogens is 264 g/mol. The fourth-order valence-electron chi connectivity index (χ4n) is 2.11. The molecule has 0 unspecified atom stereocenters. The van der Waals surface area contributed by atoms with Crippen molar-refractivity contribution in [3.8, 4) is 0 Å². The van der Waals surface area contributed by atoms with Crippen LogP contribution in [0.1, 0.15) is 30.6 Å². The average molecular weight is 284 g/mol. The predicted molar refractivity (Wildman–Crippen MR) is 81.7 cm³/mol. The number of carbonyl (C=O) groups excluding carboxylic acids is 1. The Morgan fingerprint density at radius 1 is 1.05 bits per heavy atom. The van der Waals surface area contributed by atoms with Crippen LogP contribution >= 0.6 is 0 Å². The standard InChI is InChI=1S/C18H20O3/c1-14(12-13-15-8-4-2-5-9-15)21-18(20)17(19)16-10-6-3-7-11-16/h2-11,14,17,19H,12-13H2,1H3/t14-,17-/m1/s1. The molecule has 0 aliphatic heterocycles. The molecule has 0 radical (unpaired) electrons. The molecule has 0 spiro atoms. The SMILES string of the molecule is C[C@H](CCc1ccccc1)OC(=O)[C@H](O)c1ccccc1. The van der Waals surface area contributed by atoms with Crippen molar-refractivity contribution in [1.82, 2.24) is 0 Å². The Kier molecular flexibility index (Phi) is 5.52. The van der Waals surface area contributed by atoms with Crippen LogP contribution in [-0.4, -0.2) is 17.2 Å². The van der Waals surface area contributed by atoms with Crippen LogP contribution in [0.4, 0.5) is 0 Å². The van der Waals surface area contributed by atoms with E-state index >= 15 is 0 Å². The van der Waals surface area contributed by atoms with E-state index in [2.05, 4.69) is 0 Å². The fraction of sp³-hybridized carbons (Fsp3) is 0.278. The van der Waals surface area contributed by atoms with Crippen molar-refractivity contribution in [1.29, 1.82) is 0 Å². The number of ether oxygens (including phenoxy) is 1. The van der Waals surface area contributed by atoms with E-state index in [1.54, 1.807) is 24.3 Å². The van der Waals surface area contributed by atoms with Crippen molar-refractivity contribution >= 4 is 5.97 Å². The minimum atomic E-state index is -1.22. The van der Waals surface area contributed by atoms with Crippen LogP contribution in [0, 0.1) is 0 Å². The number of carbonyl (C=O) groups is 1. The van der Waals surface area contributed by atoms with Gasteiger partial charge in [-0.3, -0.25) is 0 Å². The first kappa shape index (κ1) is 15.3. The molecule has 0 aromatic heterocycles. The molecule has 1 N–H and O–H groups in total. The Morgan fingerprint density at radius 2 is 1.62 bits per heavy atom. The number of esters is 1. The van der Waals surface area contributed by atoms with Crippen LogP contribution in [0.3, 0.4) is 0 Å². The first-order valence-electron chi connectivity index (χ1n) is 7.14. The van der Waals surface area contributed by atoms with Gasteiger partial charge in [-0.05, 0) is 30.9 Å². The highest BCUT2D eigenvalue weighted by Crippen LogP contribution is 2.16. The molecule has 0 saturated heterocycles. The second kappa shape index (κ2) is 7.60. The van der Waals surface area contributed by atoms with Gasteiger partial charge in [-0.1, -0.05) is 60.7 Å². The van der Waals surface area contributed by atoms with E-state index in [0.29, 0.717) is 5.56 Å². The van der Waals surface area contributed by atoms with Gasteiger partial charge in [-0.2, -0.15) is 0 Å². The lowest BCUT2D eigenvalue weighted by molar-refractivity contribution is -0.158. The molecule has 0 aliphatic carbocycles. The second-order valence-electron chi connectivity index (χ2n) is 5.08. The normalized spacial score (nSPS) is 13.4. The van der Waals surface area contributed by atoms with Gasteiger partial charge in [0.25, 0.3) is 0 Å². The van der Waals surface area contributed by atoms with Gasteiger partial charge in [0.05, 0.1) is 6.10 Å². The molecule has 0 aliphatic rings. The lowest BCUT2D eigenvalue weighted by atomic mass is 10.1. The zero-order valence-electron chi connectivity index (χ0n) is 12.1. The summed E-state index contributed by atoms with van der Waals surface area (Å²) in [5, 5.41) is 9.95. The minimum Gasteiger partial charge on any atom is -0.460 e. The van der Waals surface area contributed by atoms with Crippen molar-refractivity contribution in [2.45, 2.75) is 32.0 Å². The van der Waals surface area contributed by atoms with Crippen molar-refractivity contribution in [3.63, 3.8) is 0 Å². The van der Waals surface area contributed by atoms with Crippen LogP contribution in [0.2, 0.25) is 0 Å². The Labute approximate surface area is 125 Å². The van der Waals surface area contributed by atoms with Crippen molar-refractivity contribution in [2.24, 2.45) is 0 Å².